The lowest BCUT2D eigenvalue weighted by molar-refractivity contribution is 0.293. The number of hydrogen-bond acceptors (Lipinski definition) is 4. The van der Waals surface area contributed by atoms with Crippen LogP contribution >= 0.6 is 12.4 Å². The molecule has 1 aromatic carbocycles. The fraction of sp³-hybridized carbons (Fsp3) is 0.364. The van der Waals surface area contributed by atoms with Crippen molar-refractivity contribution in [2.75, 3.05) is 13.2 Å². The number of ether oxygens (including phenoxy) is 1. The van der Waals surface area contributed by atoms with E-state index in [1.54, 1.807) is 0 Å². The summed E-state index contributed by atoms with van der Waals surface area (Å²) >= 11 is 0. The van der Waals surface area contributed by atoms with Crippen molar-refractivity contribution in [1.82, 2.24) is 5.16 Å². The van der Waals surface area contributed by atoms with Gasteiger partial charge in [-0.25, -0.2) is 0 Å². The monoisotopic (exact) mass is 242 g/mol. The van der Waals surface area contributed by atoms with Gasteiger partial charge in [-0.05, 0) is 36.2 Å². The van der Waals surface area contributed by atoms with Crippen molar-refractivity contribution in [1.29, 1.82) is 0 Å². The molecule has 0 radical (unpaired) electrons. The summed E-state index contributed by atoms with van der Waals surface area (Å²) in [4.78, 5) is 0. The smallest absolute Gasteiger partial charge is 0.262 e. The Bertz CT molecular complexity index is 482. The van der Waals surface area contributed by atoms with Crippen LogP contribution in [0, 0.1) is 13.8 Å². The molecule has 0 aliphatic carbocycles. The van der Waals surface area contributed by atoms with E-state index in [0.29, 0.717) is 19.0 Å². The second-order valence-corrected chi connectivity index (χ2v) is 3.51. The third-order valence-corrected chi connectivity index (χ3v) is 2.50. The molecule has 5 heteroatoms. The zero-order valence-electron chi connectivity index (χ0n) is 9.32. The number of nitrogens with two attached hydrogens (primary N) is 1. The van der Waals surface area contributed by atoms with Crippen molar-refractivity contribution in [3.05, 3.63) is 23.3 Å². The van der Waals surface area contributed by atoms with Crippen molar-refractivity contribution < 1.29 is 9.26 Å². The maximum atomic E-state index is 5.41. The van der Waals surface area contributed by atoms with Crippen LogP contribution in [0.15, 0.2) is 16.7 Å². The fourth-order valence-electron chi connectivity index (χ4n) is 1.52. The minimum atomic E-state index is 0. The number of hydrogen-bond donors (Lipinski definition) is 1. The molecule has 0 unspecified atom stereocenters. The van der Waals surface area contributed by atoms with Gasteiger partial charge < -0.3 is 15.0 Å². The van der Waals surface area contributed by atoms with E-state index in [9.17, 15) is 0 Å². The molecule has 4 nitrogen and oxygen atoms in total. The van der Waals surface area contributed by atoms with Crippen LogP contribution in [0.3, 0.4) is 0 Å². The normalized spacial score (nSPS) is 10.2. The summed E-state index contributed by atoms with van der Waals surface area (Å²) in [7, 11) is 0. The van der Waals surface area contributed by atoms with E-state index in [4.69, 9.17) is 15.0 Å². The maximum Gasteiger partial charge on any atom is 0.262 e. The number of halogens is 1. The Balaban J connectivity index is 0.00000128. The minimum absolute atomic E-state index is 0. The highest BCUT2D eigenvalue weighted by Crippen LogP contribution is 2.29. The van der Waals surface area contributed by atoms with E-state index >= 15 is 0 Å². The number of nitrogens with zero attached hydrogens (tertiary/aromatic N) is 1. The molecule has 0 spiro atoms. The predicted octanol–water partition coefficient (Wildman–Crippen LogP) is 2.20. The summed E-state index contributed by atoms with van der Waals surface area (Å²) in [6, 6.07) is 3.91. The number of aromatic nitrogens is 1. The van der Waals surface area contributed by atoms with Gasteiger partial charge in [0.1, 0.15) is 6.61 Å². The van der Waals surface area contributed by atoms with Crippen molar-refractivity contribution in [2.45, 2.75) is 13.8 Å². The average Bonchev–Trinajstić information content (AvgIpc) is 2.64. The zero-order chi connectivity index (χ0) is 10.8. The molecule has 2 aromatic rings. The van der Waals surface area contributed by atoms with Gasteiger partial charge in [0.15, 0.2) is 5.58 Å². The Labute approximate surface area is 100 Å². The second kappa shape index (κ2) is 5.18. The molecule has 0 aliphatic rings. The van der Waals surface area contributed by atoms with Crippen molar-refractivity contribution in [3.63, 3.8) is 0 Å². The highest BCUT2D eigenvalue weighted by molar-refractivity contribution is 5.86. The molecule has 2 rings (SSSR count). The molecule has 0 saturated carbocycles. The van der Waals surface area contributed by atoms with Crippen molar-refractivity contribution >= 4 is 23.4 Å². The van der Waals surface area contributed by atoms with Gasteiger partial charge in [0.05, 0.1) is 5.39 Å². The second-order valence-electron chi connectivity index (χ2n) is 3.51. The lowest BCUT2D eigenvalue weighted by Gasteiger charge is -2.03. The molecule has 0 amide bonds. The predicted molar refractivity (Wildman–Crippen MR) is 65.3 cm³/mol. The molecular formula is C11H15ClN2O2. The first-order valence-electron chi connectivity index (χ1n) is 4.92. The first-order chi connectivity index (χ1) is 7.24. The van der Waals surface area contributed by atoms with E-state index in [1.807, 2.05) is 19.1 Å². The third-order valence-electron chi connectivity index (χ3n) is 2.50. The molecule has 0 bridgehead atoms. The Morgan fingerprint density at radius 3 is 2.81 bits per heavy atom. The number of fused-ring (bicyclic) bond motifs is 1. The van der Waals surface area contributed by atoms with E-state index in [1.165, 1.54) is 5.56 Å². The van der Waals surface area contributed by atoms with Crippen LogP contribution in [0.5, 0.6) is 5.88 Å². The minimum Gasteiger partial charge on any atom is -0.474 e. The van der Waals surface area contributed by atoms with Crippen LogP contribution < -0.4 is 10.5 Å². The largest absolute Gasteiger partial charge is 0.474 e. The SMILES string of the molecule is Cc1ccc2onc(OCCN)c2c1C.Cl. The summed E-state index contributed by atoms with van der Waals surface area (Å²) in [5, 5.41) is 4.83. The summed E-state index contributed by atoms with van der Waals surface area (Å²) in [5.74, 6) is 0.539. The molecular weight excluding hydrogens is 228 g/mol. The van der Waals surface area contributed by atoms with Gasteiger partial charge in [-0.1, -0.05) is 6.07 Å². The molecule has 1 heterocycles. The van der Waals surface area contributed by atoms with E-state index in [-0.39, 0.29) is 12.4 Å². The first kappa shape index (κ1) is 12.8. The van der Waals surface area contributed by atoms with Crippen LogP contribution in [0.2, 0.25) is 0 Å². The van der Waals surface area contributed by atoms with E-state index in [0.717, 1.165) is 16.5 Å². The summed E-state index contributed by atoms with van der Waals surface area (Å²) < 4.78 is 10.6. The van der Waals surface area contributed by atoms with Gasteiger partial charge in [0.2, 0.25) is 0 Å². The molecule has 2 N–H and O–H groups in total. The lowest BCUT2D eigenvalue weighted by atomic mass is 10.1. The lowest BCUT2D eigenvalue weighted by Crippen LogP contribution is -2.10. The molecule has 1 aromatic heterocycles. The van der Waals surface area contributed by atoms with Gasteiger partial charge in [0.25, 0.3) is 5.88 Å². The summed E-state index contributed by atoms with van der Waals surface area (Å²) in [6.07, 6.45) is 0. The molecule has 0 fully saturated rings. The Hall–Kier alpha value is -1.26. The molecule has 0 atom stereocenters. The van der Waals surface area contributed by atoms with Gasteiger partial charge in [-0.2, -0.15) is 0 Å². The molecule has 0 aliphatic heterocycles. The van der Waals surface area contributed by atoms with Crippen LogP contribution in [0.25, 0.3) is 11.0 Å². The third kappa shape index (κ3) is 2.13. The van der Waals surface area contributed by atoms with Crippen molar-refractivity contribution in [2.24, 2.45) is 5.73 Å². The van der Waals surface area contributed by atoms with Gasteiger partial charge >= 0.3 is 0 Å². The van der Waals surface area contributed by atoms with Gasteiger partial charge in [-0.15, -0.1) is 12.4 Å². The maximum absolute atomic E-state index is 5.41. The Morgan fingerprint density at radius 2 is 2.12 bits per heavy atom. The first-order valence-corrected chi connectivity index (χ1v) is 4.92. The molecule has 16 heavy (non-hydrogen) atoms. The summed E-state index contributed by atoms with van der Waals surface area (Å²) in [6.45, 7) is 5.01. The quantitative estimate of drug-likeness (QED) is 0.897. The van der Waals surface area contributed by atoms with Gasteiger partial charge in [0, 0.05) is 6.54 Å². The number of rotatable bonds is 3. The Morgan fingerprint density at radius 1 is 1.38 bits per heavy atom. The zero-order valence-corrected chi connectivity index (χ0v) is 10.1. The summed E-state index contributed by atoms with van der Waals surface area (Å²) in [5.41, 5.74) is 8.47. The molecule has 0 saturated heterocycles. The average molecular weight is 243 g/mol. The van der Waals surface area contributed by atoms with Crippen LogP contribution in [0.4, 0.5) is 0 Å². The standard InChI is InChI=1S/C11H14N2O2.ClH/c1-7-3-4-9-10(8(7)2)11(13-15-9)14-6-5-12;/h3-4H,5-6,12H2,1-2H3;1H. The highest BCUT2D eigenvalue weighted by Gasteiger charge is 2.12. The van der Waals surface area contributed by atoms with Crippen LogP contribution in [0.1, 0.15) is 11.1 Å². The van der Waals surface area contributed by atoms with Crippen LogP contribution in [-0.2, 0) is 0 Å². The van der Waals surface area contributed by atoms with E-state index < -0.39 is 0 Å². The topological polar surface area (TPSA) is 61.3 Å². The Kier molecular flexibility index (Phi) is 4.15. The number of benzene rings is 1. The van der Waals surface area contributed by atoms with Crippen LogP contribution in [-0.4, -0.2) is 18.3 Å². The van der Waals surface area contributed by atoms with E-state index in [2.05, 4.69) is 12.1 Å². The molecule has 88 valence electrons. The fourth-order valence-corrected chi connectivity index (χ4v) is 1.52. The highest BCUT2D eigenvalue weighted by atomic mass is 35.5. The van der Waals surface area contributed by atoms with Gasteiger partial charge in [-0.3, -0.25) is 0 Å². The van der Waals surface area contributed by atoms with Crippen molar-refractivity contribution in [3.8, 4) is 5.88 Å². The number of aryl methyl sites for hydroxylation is 2.